The summed E-state index contributed by atoms with van der Waals surface area (Å²) in [6, 6.07) is 11.5. The fourth-order valence-electron chi connectivity index (χ4n) is 3.60. The molecule has 0 radical (unpaired) electrons. The molecule has 1 aliphatic carbocycles. The molecule has 2 atom stereocenters. The molecule has 1 aromatic carbocycles. The van der Waals surface area contributed by atoms with E-state index >= 15 is 0 Å². The Labute approximate surface area is 135 Å². The first-order valence-electron chi connectivity index (χ1n) is 7.68. The summed E-state index contributed by atoms with van der Waals surface area (Å²) in [6.07, 6.45) is 2.32. The van der Waals surface area contributed by atoms with Crippen LogP contribution >= 0.6 is 0 Å². The molecule has 0 fully saturated rings. The van der Waals surface area contributed by atoms with E-state index in [1.54, 1.807) is 16.8 Å². The van der Waals surface area contributed by atoms with Gasteiger partial charge in [0.25, 0.3) is 0 Å². The maximum absolute atomic E-state index is 12.2. The molecule has 0 aliphatic heterocycles. The number of aliphatic hydroxyl groups is 1. The van der Waals surface area contributed by atoms with E-state index in [0.29, 0.717) is 6.42 Å². The zero-order valence-corrected chi connectivity index (χ0v) is 13.4. The third-order valence-corrected chi connectivity index (χ3v) is 5.13. The molecule has 2 aromatic rings. The Kier molecular flexibility index (Phi) is 3.82. The van der Waals surface area contributed by atoms with Gasteiger partial charge in [0.1, 0.15) is 5.82 Å². The van der Waals surface area contributed by atoms with E-state index in [1.165, 1.54) is 0 Å². The highest BCUT2D eigenvalue weighted by Gasteiger charge is 2.44. The lowest BCUT2D eigenvalue weighted by Gasteiger charge is -2.30. The summed E-state index contributed by atoms with van der Waals surface area (Å²) in [4.78, 5) is 16.0. The summed E-state index contributed by atoms with van der Waals surface area (Å²) >= 11 is 0. The fraction of sp³-hybridized carbons (Fsp3) is 0.333. The Morgan fingerprint density at radius 2 is 2.00 bits per heavy atom. The Bertz CT molecular complexity index is 811. The second kappa shape index (κ2) is 5.66. The number of nitrogen functional groups attached to an aromatic ring is 1. The third kappa shape index (κ3) is 2.37. The SMILES string of the molecule is CC1=C(C)[C@](CO)(c2ccccc2)C[C@H]1n1ccc(N)nc1=O. The number of aliphatic hydroxyl groups excluding tert-OH is 1. The summed E-state index contributed by atoms with van der Waals surface area (Å²) in [7, 11) is 0. The predicted molar refractivity (Wildman–Crippen MR) is 90.1 cm³/mol. The van der Waals surface area contributed by atoms with Gasteiger partial charge < -0.3 is 10.8 Å². The van der Waals surface area contributed by atoms with Crippen molar-refractivity contribution in [1.82, 2.24) is 9.55 Å². The first kappa shape index (κ1) is 15.5. The summed E-state index contributed by atoms with van der Waals surface area (Å²) in [5.41, 5.74) is 8.04. The number of rotatable bonds is 3. The fourth-order valence-corrected chi connectivity index (χ4v) is 3.60. The zero-order chi connectivity index (χ0) is 16.6. The van der Waals surface area contributed by atoms with E-state index in [0.717, 1.165) is 16.7 Å². The van der Waals surface area contributed by atoms with Crippen LogP contribution < -0.4 is 11.4 Å². The molecule has 0 spiro atoms. The standard InChI is InChI=1S/C18H21N3O2/c1-12-13(2)18(11-22,14-6-4-3-5-7-14)10-15(12)21-9-8-16(19)20-17(21)23/h3-9,15,22H,10-11H2,1-2H3,(H2,19,20,23)/t15-,18+/m1/s1. The van der Waals surface area contributed by atoms with E-state index in [1.807, 2.05) is 44.2 Å². The topological polar surface area (TPSA) is 81.1 Å². The van der Waals surface area contributed by atoms with Gasteiger partial charge in [-0.05, 0) is 31.9 Å². The van der Waals surface area contributed by atoms with Crippen LogP contribution in [0.4, 0.5) is 5.82 Å². The molecule has 3 N–H and O–H groups in total. The van der Waals surface area contributed by atoms with E-state index < -0.39 is 5.41 Å². The van der Waals surface area contributed by atoms with Crippen molar-refractivity contribution in [1.29, 1.82) is 0 Å². The monoisotopic (exact) mass is 311 g/mol. The highest BCUT2D eigenvalue weighted by Crippen LogP contribution is 2.49. The molecule has 1 aromatic heterocycles. The second-order valence-corrected chi connectivity index (χ2v) is 6.18. The average Bonchev–Trinajstić information content (AvgIpc) is 2.81. The van der Waals surface area contributed by atoms with Gasteiger partial charge in [-0.3, -0.25) is 4.57 Å². The number of benzene rings is 1. The predicted octanol–water partition coefficient (Wildman–Crippen LogP) is 2.04. The van der Waals surface area contributed by atoms with Crippen molar-refractivity contribution in [3.8, 4) is 0 Å². The highest BCUT2D eigenvalue weighted by atomic mass is 16.3. The van der Waals surface area contributed by atoms with Crippen LogP contribution in [0.3, 0.4) is 0 Å². The largest absolute Gasteiger partial charge is 0.395 e. The molecule has 23 heavy (non-hydrogen) atoms. The Morgan fingerprint density at radius 1 is 1.30 bits per heavy atom. The van der Waals surface area contributed by atoms with Crippen LogP contribution in [0.5, 0.6) is 0 Å². The quantitative estimate of drug-likeness (QED) is 0.850. The molecule has 0 saturated carbocycles. The summed E-state index contributed by atoms with van der Waals surface area (Å²) in [6.45, 7) is 4.06. The highest BCUT2D eigenvalue weighted by molar-refractivity contribution is 5.44. The van der Waals surface area contributed by atoms with E-state index in [2.05, 4.69) is 4.98 Å². The van der Waals surface area contributed by atoms with Crippen molar-refractivity contribution in [2.75, 3.05) is 12.3 Å². The number of anilines is 1. The van der Waals surface area contributed by atoms with Gasteiger partial charge in [-0.25, -0.2) is 4.79 Å². The van der Waals surface area contributed by atoms with Crippen LogP contribution in [0.1, 0.15) is 31.9 Å². The van der Waals surface area contributed by atoms with Crippen molar-refractivity contribution >= 4 is 5.82 Å². The first-order chi connectivity index (χ1) is 11.0. The van der Waals surface area contributed by atoms with Crippen molar-refractivity contribution in [2.45, 2.75) is 31.7 Å². The minimum atomic E-state index is -0.461. The van der Waals surface area contributed by atoms with Gasteiger partial charge in [-0.15, -0.1) is 0 Å². The average molecular weight is 311 g/mol. The van der Waals surface area contributed by atoms with Gasteiger partial charge in [0.2, 0.25) is 0 Å². The summed E-state index contributed by atoms with van der Waals surface area (Å²) in [5.74, 6) is 0.221. The van der Waals surface area contributed by atoms with E-state index in [-0.39, 0.29) is 24.2 Å². The summed E-state index contributed by atoms with van der Waals surface area (Å²) in [5, 5.41) is 10.2. The molecule has 5 heteroatoms. The van der Waals surface area contributed by atoms with Crippen molar-refractivity contribution in [3.05, 3.63) is 69.8 Å². The third-order valence-electron chi connectivity index (χ3n) is 5.13. The lowest BCUT2D eigenvalue weighted by molar-refractivity contribution is 0.207. The Balaban J connectivity index is 2.10. The normalized spacial score (nSPS) is 24.2. The number of nitrogens with zero attached hydrogens (tertiary/aromatic N) is 2. The number of hydrogen-bond donors (Lipinski definition) is 2. The van der Waals surface area contributed by atoms with E-state index in [4.69, 9.17) is 5.73 Å². The number of allylic oxidation sites excluding steroid dienone is 1. The van der Waals surface area contributed by atoms with Gasteiger partial charge in [0.15, 0.2) is 0 Å². The molecular formula is C18H21N3O2. The van der Waals surface area contributed by atoms with Crippen molar-refractivity contribution in [2.24, 2.45) is 0 Å². The van der Waals surface area contributed by atoms with Crippen LogP contribution in [0.25, 0.3) is 0 Å². The van der Waals surface area contributed by atoms with Crippen LogP contribution in [0.2, 0.25) is 0 Å². The molecular weight excluding hydrogens is 290 g/mol. The maximum Gasteiger partial charge on any atom is 0.350 e. The number of hydrogen-bond acceptors (Lipinski definition) is 4. The Hall–Kier alpha value is -2.40. The first-order valence-corrected chi connectivity index (χ1v) is 7.68. The van der Waals surface area contributed by atoms with Gasteiger partial charge in [-0.2, -0.15) is 4.98 Å². The number of aromatic nitrogens is 2. The molecule has 1 heterocycles. The minimum Gasteiger partial charge on any atom is -0.395 e. The summed E-state index contributed by atoms with van der Waals surface area (Å²) < 4.78 is 1.61. The molecule has 0 bridgehead atoms. The molecule has 0 unspecified atom stereocenters. The maximum atomic E-state index is 12.2. The zero-order valence-electron chi connectivity index (χ0n) is 13.4. The molecule has 0 saturated heterocycles. The van der Waals surface area contributed by atoms with Gasteiger partial charge in [-0.1, -0.05) is 41.5 Å². The molecule has 0 amide bonds. The Morgan fingerprint density at radius 3 is 2.61 bits per heavy atom. The minimum absolute atomic E-state index is 0.00778. The number of nitrogens with two attached hydrogens (primary N) is 1. The van der Waals surface area contributed by atoms with Gasteiger partial charge in [0, 0.05) is 11.6 Å². The van der Waals surface area contributed by atoms with Crippen molar-refractivity contribution < 1.29 is 5.11 Å². The lowest BCUT2D eigenvalue weighted by Crippen LogP contribution is -2.32. The van der Waals surface area contributed by atoms with Crippen LogP contribution in [0.15, 0.2) is 58.5 Å². The van der Waals surface area contributed by atoms with Gasteiger partial charge >= 0.3 is 5.69 Å². The molecule has 5 nitrogen and oxygen atoms in total. The van der Waals surface area contributed by atoms with Crippen LogP contribution in [-0.4, -0.2) is 21.3 Å². The van der Waals surface area contributed by atoms with Crippen LogP contribution in [0, 0.1) is 0 Å². The molecule has 3 rings (SSSR count). The second-order valence-electron chi connectivity index (χ2n) is 6.18. The van der Waals surface area contributed by atoms with Crippen molar-refractivity contribution in [3.63, 3.8) is 0 Å². The smallest absolute Gasteiger partial charge is 0.350 e. The molecule has 120 valence electrons. The lowest BCUT2D eigenvalue weighted by atomic mass is 9.75. The molecule has 1 aliphatic rings. The van der Waals surface area contributed by atoms with Gasteiger partial charge in [0.05, 0.1) is 12.6 Å². The van der Waals surface area contributed by atoms with E-state index in [9.17, 15) is 9.90 Å². The van der Waals surface area contributed by atoms with Crippen LogP contribution in [-0.2, 0) is 5.41 Å².